The minimum Gasteiger partial charge on any atom is -0.460 e. The molecule has 0 aromatic rings. The zero-order valence-corrected chi connectivity index (χ0v) is 16.7. The van der Waals surface area contributed by atoms with Crippen LogP contribution in [0.25, 0.3) is 0 Å². The maximum atomic E-state index is 11.5. The average Bonchev–Trinajstić information content (AvgIpc) is 3.04. The molecule has 0 amide bonds. The summed E-state index contributed by atoms with van der Waals surface area (Å²) < 4.78 is 20.5. The second kappa shape index (κ2) is 9.12. The van der Waals surface area contributed by atoms with Gasteiger partial charge in [0.1, 0.15) is 11.2 Å². The van der Waals surface area contributed by atoms with Gasteiger partial charge in [-0.3, -0.25) is 9.59 Å². The third-order valence-corrected chi connectivity index (χ3v) is 3.67. The molecule has 0 aromatic heterocycles. The summed E-state index contributed by atoms with van der Waals surface area (Å²) in [4.78, 5) is 23.0. The quantitative estimate of drug-likeness (QED) is 0.674. The third-order valence-electron chi connectivity index (χ3n) is 3.67. The first kappa shape index (κ1) is 22.8. The monoisotopic (exact) mass is 374 g/mol. The van der Waals surface area contributed by atoms with Crippen LogP contribution in [0.1, 0.15) is 41.5 Å². The van der Waals surface area contributed by atoms with Crippen molar-refractivity contribution in [3.05, 3.63) is 0 Å². The molecular weight excluding hydrogens is 340 g/mol. The number of carbonyl (C=O) groups excluding carboxylic acids is 2. The highest BCUT2D eigenvalue weighted by atomic mass is 16.6. The lowest BCUT2D eigenvalue weighted by molar-refractivity contribution is -0.161. The Kier molecular flexibility index (Phi) is 8.01. The number of nitrogens with two attached hydrogens (primary N) is 2. The molecule has 0 spiro atoms. The molecule has 0 aromatic carbocycles. The first-order valence-electron chi connectivity index (χ1n) is 8.92. The van der Waals surface area contributed by atoms with Crippen LogP contribution >= 0.6 is 0 Å². The van der Waals surface area contributed by atoms with Crippen molar-refractivity contribution in [1.29, 1.82) is 0 Å². The largest absolute Gasteiger partial charge is 0.460 e. The van der Waals surface area contributed by atoms with Gasteiger partial charge in [0.2, 0.25) is 0 Å². The molecule has 2 aliphatic rings. The predicted molar refractivity (Wildman–Crippen MR) is 96.3 cm³/mol. The van der Waals surface area contributed by atoms with Crippen LogP contribution in [-0.2, 0) is 28.5 Å². The molecule has 8 nitrogen and oxygen atoms in total. The van der Waals surface area contributed by atoms with Gasteiger partial charge >= 0.3 is 11.9 Å². The predicted octanol–water partition coefficient (Wildman–Crippen LogP) is 0.604. The van der Waals surface area contributed by atoms with E-state index < -0.39 is 11.2 Å². The van der Waals surface area contributed by atoms with Crippen molar-refractivity contribution in [2.24, 2.45) is 23.3 Å². The van der Waals surface area contributed by atoms with E-state index >= 15 is 0 Å². The summed E-state index contributed by atoms with van der Waals surface area (Å²) in [5, 5.41) is 0. The van der Waals surface area contributed by atoms with Crippen molar-refractivity contribution in [2.45, 2.75) is 64.8 Å². The second-order valence-corrected chi connectivity index (χ2v) is 8.68. The highest BCUT2D eigenvalue weighted by Crippen LogP contribution is 2.18. The number of rotatable bonds is 2. The molecule has 0 unspecified atom stereocenters. The van der Waals surface area contributed by atoms with Crippen LogP contribution in [-0.4, -0.2) is 61.7 Å². The summed E-state index contributed by atoms with van der Waals surface area (Å²) in [5.74, 6) is -1.09. The maximum absolute atomic E-state index is 11.5. The Morgan fingerprint density at radius 2 is 1.04 bits per heavy atom. The van der Waals surface area contributed by atoms with E-state index in [2.05, 4.69) is 0 Å². The molecule has 8 heteroatoms. The lowest BCUT2D eigenvalue weighted by Gasteiger charge is -2.22. The summed E-state index contributed by atoms with van der Waals surface area (Å²) in [6, 6.07) is -0.426. The average molecular weight is 374 g/mol. The van der Waals surface area contributed by atoms with Crippen LogP contribution in [0.15, 0.2) is 0 Å². The Hall–Kier alpha value is -1.22. The van der Waals surface area contributed by atoms with Gasteiger partial charge in [-0.15, -0.1) is 0 Å². The van der Waals surface area contributed by atoms with Gasteiger partial charge in [0, 0.05) is 12.1 Å². The second-order valence-electron chi connectivity index (χ2n) is 8.68. The van der Waals surface area contributed by atoms with E-state index in [9.17, 15) is 9.59 Å². The lowest BCUT2D eigenvalue weighted by Crippen LogP contribution is -2.38. The van der Waals surface area contributed by atoms with E-state index in [0.29, 0.717) is 26.4 Å². The van der Waals surface area contributed by atoms with Crippen LogP contribution in [0.2, 0.25) is 0 Å². The fraction of sp³-hybridized carbons (Fsp3) is 0.889. The third kappa shape index (κ3) is 7.99. The SMILES string of the molecule is CC(C)(C)OC(=O)[C@@H]1COC[C@H]1N.CC(C)(C)OC(=O)[C@H]1COC[C@@H]1N. The van der Waals surface area contributed by atoms with Crippen molar-refractivity contribution in [2.75, 3.05) is 26.4 Å². The Morgan fingerprint density at radius 3 is 1.23 bits per heavy atom. The normalized spacial score (nSPS) is 28.9. The van der Waals surface area contributed by atoms with Crippen LogP contribution in [0, 0.1) is 11.8 Å². The Balaban J connectivity index is 0.000000260. The minimum atomic E-state index is -0.445. The Morgan fingerprint density at radius 1 is 0.731 bits per heavy atom. The van der Waals surface area contributed by atoms with E-state index in [1.165, 1.54) is 0 Å². The molecule has 2 rings (SSSR count). The molecule has 2 saturated heterocycles. The molecule has 0 saturated carbocycles. The van der Waals surface area contributed by atoms with E-state index in [1.807, 2.05) is 41.5 Å². The van der Waals surface area contributed by atoms with Crippen molar-refractivity contribution in [3.8, 4) is 0 Å². The van der Waals surface area contributed by atoms with Crippen molar-refractivity contribution in [3.63, 3.8) is 0 Å². The van der Waals surface area contributed by atoms with Gasteiger partial charge in [-0.05, 0) is 41.5 Å². The molecular formula is C18H34N2O6. The molecule has 4 atom stereocenters. The summed E-state index contributed by atoms with van der Waals surface area (Å²) in [5.41, 5.74) is 10.5. The van der Waals surface area contributed by atoms with E-state index in [1.54, 1.807) is 0 Å². The van der Waals surface area contributed by atoms with Gasteiger partial charge in [-0.25, -0.2) is 0 Å². The van der Waals surface area contributed by atoms with Crippen molar-refractivity contribution in [1.82, 2.24) is 0 Å². The summed E-state index contributed by atoms with van der Waals surface area (Å²) >= 11 is 0. The number of ether oxygens (including phenoxy) is 4. The van der Waals surface area contributed by atoms with Crippen LogP contribution in [0.5, 0.6) is 0 Å². The van der Waals surface area contributed by atoms with Crippen LogP contribution < -0.4 is 11.5 Å². The summed E-state index contributed by atoms with van der Waals surface area (Å²) in [6.45, 7) is 12.7. The van der Waals surface area contributed by atoms with Crippen LogP contribution in [0.4, 0.5) is 0 Å². The lowest BCUT2D eigenvalue weighted by atomic mass is 10.0. The van der Waals surface area contributed by atoms with Gasteiger partial charge in [-0.1, -0.05) is 0 Å². The highest BCUT2D eigenvalue weighted by Gasteiger charge is 2.35. The van der Waals surface area contributed by atoms with E-state index in [0.717, 1.165) is 0 Å². The number of carbonyl (C=O) groups is 2. The topological polar surface area (TPSA) is 123 Å². The molecule has 2 heterocycles. The molecule has 0 bridgehead atoms. The first-order chi connectivity index (χ1) is 11.8. The molecule has 26 heavy (non-hydrogen) atoms. The standard InChI is InChI=1S/2C9H17NO3/c2*1-9(2,3)13-8(11)6-4-12-5-7(6)10/h2*6-7H,4-5,10H2,1-3H3/t2*6-,7-/m10/s1. The number of hydrogen-bond donors (Lipinski definition) is 2. The number of hydrogen-bond acceptors (Lipinski definition) is 8. The highest BCUT2D eigenvalue weighted by molar-refractivity contribution is 5.74. The van der Waals surface area contributed by atoms with E-state index in [-0.39, 0.29) is 35.9 Å². The molecule has 0 radical (unpaired) electrons. The zero-order chi connectivity index (χ0) is 20.1. The molecule has 0 aliphatic carbocycles. The maximum Gasteiger partial charge on any atom is 0.313 e. The van der Waals surface area contributed by atoms with Gasteiger partial charge in [-0.2, -0.15) is 0 Å². The Labute approximate surface area is 155 Å². The summed E-state index contributed by atoms with van der Waals surface area (Å²) in [7, 11) is 0. The van der Waals surface area contributed by atoms with Gasteiger partial charge in [0.25, 0.3) is 0 Å². The van der Waals surface area contributed by atoms with Crippen molar-refractivity contribution >= 4 is 11.9 Å². The van der Waals surface area contributed by atoms with Crippen LogP contribution in [0.3, 0.4) is 0 Å². The number of esters is 2. The molecule has 152 valence electrons. The van der Waals surface area contributed by atoms with E-state index in [4.69, 9.17) is 30.4 Å². The van der Waals surface area contributed by atoms with Gasteiger partial charge < -0.3 is 30.4 Å². The fourth-order valence-electron chi connectivity index (χ4n) is 2.38. The van der Waals surface area contributed by atoms with Gasteiger partial charge in [0.15, 0.2) is 0 Å². The van der Waals surface area contributed by atoms with Gasteiger partial charge in [0.05, 0.1) is 38.3 Å². The molecule has 4 N–H and O–H groups in total. The fourth-order valence-corrected chi connectivity index (χ4v) is 2.38. The Bertz CT molecular complexity index is 439. The molecule has 2 aliphatic heterocycles. The molecule has 2 fully saturated rings. The first-order valence-corrected chi connectivity index (χ1v) is 8.92. The zero-order valence-electron chi connectivity index (χ0n) is 16.7. The summed E-state index contributed by atoms with van der Waals surface area (Å²) in [6.07, 6.45) is 0. The van der Waals surface area contributed by atoms with Crippen molar-refractivity contribution < 1.29 is 28.5 Å². The minimum absolute atomic E-state index is 0.213. The smallest absolute Gasteiger partial charge is 0.313 e.